The van der Waals surface area contributed by atoms with E-state index >= 15 is 0 Å². The molecule has 0 aliphatic heterocycles. The van der Waals surface area contributed by atoms with E-state index in [0.717, 1.165) is 16.8 Å². The van der Waals surface area contributed by atoms with Crippen molar-refractivity contribution in [2.75, 3.05) is 11.9 Å². The fraction of sp³-hybridized carbons (Fsp3) is 0.143. The summed E-state index contributed by atoms with van der Waals surface area (Å²) in [6.45, 7) is 2.08. The highest BCUT2D eigenvalue weighted by Gasteiger charge is 2.19. The number of hydrogen-bond acceptors (Lipinski definition) is 3. The fourth-order valence-corrected chi connectivity index (χ4v) is 4.04. The zero-order valence-electron chi connectivity index (χ0n) is 14.9. The molecule has 0 saturated heterocycles. The van der Waals surface area contributed by atoms with Crippen molar-refractivity contribution in [2.45, 2.75) is 17.9 Å². The first-order valence-electron chi connectivity index (χ1n) is 8.58. The molecule has 4 nitrogen and oxygen atoms in total. The maximum atomic E-state index is 12.6. The Morgan fingerprint density at radius 1 is 0.889 bits per heavy atom. The number of anilines is 1. The van der Waals surface area contributed by atoms with Gasteiger partial charge >= 0.3 is 0 Å². The topological polar surface area (TPSA) is 58.2 Å². The van der Waals surface area contributed by atoms with Crippen LogP contribution >= 0.6 is 11.6 Å². The van der Waals surface area contributed by atoms with Crippen molar-refractivity contribution in [3.63, 3.8) is 0 Å². The van der Waals surface area contributed by atoms with E-state index in [1.165, 1.54) is 0 Å². The molecule has 0 amide bonds. The minimum Gasteiger partial charge on any atom is -0.377 e. The molecule has 140 valence electrons. The van der Waals surface area contributed by atoms with Gasteiger partial charge in [-0.3, -0.25) is 0 Å². The number of halogens is 1. The van der Waals surface area contributed by atoms with Crippen molar-refractivity contribution in [3.8, 4) is 0 Å². The van der Waals surface area contributed by atoms with Gasteiger partial charge in [0.25, 0.3) is 0 Å². The summed E-state index contributed by atoms with van der Waals surface area (Å²) < 4.78 is 28.0. The molecule has 3 aromatic carbocycles. The van der Waals surface area contributed by atoms with E-state index in [1.807, 2.05) is 55.5 Å². The SMILES string of the molecule is Cc1ccc(S(=O)(=O)NC[C@H](Nc2ccccc2)c2ccccc2Cl)cc1. The Morgan fingerprint density at radius 2 is 1.52 bits per heavy atom. The van der Waals surface area contributed by atoms with Gasteiger partial charge in [-0.05, 0) is 42.8 Å². The average Bonchev–Trinajstić information content (AvgIpc) is 2.67. The molecule has 6 heteroatoms. The van der Waals surface area contributed by atoms with Crippen LogP contribution in [-0.4, -0.2) is 15.0 Å². The van der Waals surface area contributed by atoms with E-state index in [-0.39, 0.29) is 17.5 Å². The largest absolute Gasteiger partial charge is 0.377 e. The van der Waals surface area contributed by atoms with Gasteiger partial charge in [-0.2, -0.15) is 0 Å². The van der Waals surface area contributed by atoms with Crippen molar-refractivity contribution in [1.82, 2.24) is 4.72 Å². The van der Waals surface area contributed by atoms with E-state index in [4.69, 9.17) is 11.6 Å². The molecule has 0 heterocycles. The zero-order chi connectivity index (χ0) is 19.3. The lowest BCUT2D eigenvalue weighted by Crippen LogP contribution is -2.31. The lowest BCUT2D eigenvalue weighted by atomic mass is 10.1. The van der Waals surface area contributed by atoms with Crippen LogP contribution in [-0.2, 0) is 10.0 Å². The first-order chi connectivity index (χ1) is 13.0. The second-order valence-electron chi connectivity index (χ2n) is 6.25. The number of sulfonamides is 1. The standard InChI is InChI=1S/C21H21ClN2O2S/c1-16-11-13-18(14-12-16)27(25,26)23-15-21(19-9-5-6-10-20(19)22)24-17-7-3-2-4-8-17/h2-14,21,23-24H,15H2,1H3/t21-/m0/s1. The Bertz CT molecular complexity index is 990. The van der Waals surface area contributed by atoms with Crippen LogP contribution in [0.25, 0.3) is 0 Å². The van der Waals surface area contributed by atoms with Crippen LogP contribution in [0.15, 0.2) is 83.8 Å². The molecule has 0 unspecified atom stereocenters. The highest BCUT2D eigenvalue weighted by molar-refractivity contribution is 7.89. The molecular weight excluding hydrogens is 380 g/mol. The number of aryl methyl sites for hydroxylation is 1. The van der Waals surface area contributed by atoms with Gasteiger partial charge in [-0.1, -0.05) is 65.7 Å². The molecule has 3 aromatic rings. The second-order valence-corrected chi connectivity index (χ2v) is 8.42. The minimum absolute atomic E-state index is 0.162. The Morgan fingerprint density at radius 3 is 2.19 bits per heavy atom. The maximum absolute atomic E-state index is 12.6. The Hall–Kier alpha value is -2.34. The number of nitrogens with one attached hydrogen (secondary N) is 2. The predicted octanol–water partition coefficient (Wildman–Crippen LogP) is 4.78. The van der Waals surface area contributed by atoms with Gasteiger partial charge in [0.05, 0.1) is 10.9 Å². The van der Waals surface area contributed by atoms with Crippen molar-refractivity contribution in [2.24, 2.45) is 0 Å². The number of para-hydroxylation sites is 1. The first kappa shape index (κ1) is 19.4. The van der Waals surface area contributed by atoms with Gasteiger partial charge in [0.1, 0.15) is 0 Å². The summed E-state index contributed by atoms with van der Waals surface area (Å²) in [5.74, 6) is 0. The predicted molar refractivity (Wildman–Crippen MR) is 111 cm³/mol. The van der Waals surface area contributed by atoms with Crippen molar-refractivity contribution in [1.29, 1.82) is 0 Å². The monoisotopic (exact) mass is 400 g/mol. The summed E-state index contributed by atoms with van der Waals surface area (Å²) in [6, 6.07) is 23.5. The minimum atomic E-state index is -3.62. The van der Waals surface area contributed by atoms with Gasteiger partial charge in [0, 0.05) is 17.3 Å². The van der Waals surface area contributed by atoms with E-state index in [0.29, 0.717) is 5.02 Å². The lowest BCUT2D eigenvalue weighted by Gasteiger charge is -2.22. The zero-order valence-corrected chi connectivity index (χ0v) is 16.5. The van der Waals surface area contributed by atoms with Crippen molar-refractivity contribution < 1.29 is 8.42 Å². The van der Waals surface area contributed by atoms with E-state index in [2.05, 4.69) is 10.0 Å². The summed E-state index contributed by atoms with van der Waals surface area (Å²) >= 11 is 6.35. The number of hydrogen-bond donors (Lipinski definition) is 2. The average molecular weight is 401 g/mol. The summed E-state index contributed by atoms with van der Waals surface area (Å²) in [5.41, 5.74) is 2.72. The Labute approximate surface area is 165 Å². The number of benzene rings is 3. The molecule has 0 saturated carbocycles. The molecular formula is C21H21ClN2O2S. The third kappa shape index (κ3) is 5.10. The van der Waals surface area contributed by atoms with Gasteiger partial charge < -0.3 is 5.32 Å². The molecule has 0 fully saturated rings. The smallest absolute Gasteiger partial charge is 0.240 e. The normalized spacial score (nSPS) is 12.5. The van der Waals surface area contributed by atoms with Gasteiger partial charge in [0.15, 0.2) is 0 Å². The van der Waals surface area contributed by atoms with Crippen LogP contribution < -0.4 is 10.0 Å². The van der Waals surface area contributed by atoms with Gasteiger partial charge in [-0.25, -0.2) is 13.1 Å². The summed E-state index contributed by atoms with van der Waals surface area (Å²) in [4.78, 5) is 0.241. The quantitative estimate of drug-likeness (QED) is 0.600. The third-order valence-electron chi connectivity index (χ3n) is 4.20. The highest BCUT2D eigenvalue weighted by Crippen LogP contribution is 2.26. The summed E-state index contributed by atoms with van der Waals surface area (Å²) in [6.07, 6.45) is 0. The first-order valence-corrected chi connectivity index (χ1v) is 10.4. The highest BCUT2D eigenvalue weighted by atomic mass is 35.5. The second kappa shape index (κ2) is 8.57. The van der Waals surface area contributed by atoms with E-state index in [1.54, 1.807) is 30.3 Å². The van der Waals surface area contributed by atoms with Crippen LogP contribution in [0.5, 0.6) is 0 Å². The Kier molecular flexibility index (Phi) is 6.16. The maximum Gasteiger partial charge on any atom is 0.240 e. The molecule has 0 radical (unpaired) electrons. The van der Waals surface area contributed by atoms with Crippen molar-refractivity contribution >= 4 is 27.3 Å². The molecule has 0 aliphatic rings. The van der Waals surface area contributed by atoms with Crippen LogP contribution in [0.4, 0.5) is 5.69 Å². The van der Waals surface area contributed by atoms with Crippen LogP contribution in [0.3, 0.4) is 0 Å². The van der Waals surface area contributed by atoms with Gasteiger partial charge in [0.2, 0.25) is 10.0 Å². The lowest BCUT2D eigenvalue weighted by molar-refractivity contribution is 0.576. The summed E-state index contributed by atoms with van der Waals surface area (Å²) in [7, 11) is -3.62. The Balaban J connectivity index is 1.83. The molecule has 0 spiro atoms. The van der Waals surface area contributed by atoms with Crippen LogP contribution in [0.2, 0.25) is 5.02 Å². The van der Waals surface area contributed by atoms with E-state index < -0.39 is 10.0 Å². The van der Waals surface area contributed by atoms with Crippen LogP contribution in [0, 0.1) is 6.92 Å². The molecule has 27 heavy (non-hydrogen) atoms. The molecule has 3 rings (SSSR count). The molecule has 2 N–H and O–H groups in total. The molecule has 1 atom stereocenters. The van der Waals surface area contributed by atoms with E-state index in [9.17, 15) is 8.42 Å². The van der Waals surface area contributed by atoms with Gasteiger partial charge in [-0.15, -0.1) is 0 Å². The molecule has 0 bridgehead atoms. The summed E-state index contributed by atoms with van der Waals surface area (Å²) in [5, 5.41) is 3.94. The van der Waals surface area contributed by atoms with Crippen LogP contribution in [0.1, 0.15) is 17.2 Å². The fourth-order valence-electron chi connectivity index (χ4n) is 2.73. The molecule has 0 aromatic heterocycles. The van der Waals surface area contributed by atoms with Crippen molar-refractivity contribution in [3.05, 3.63) is 95.0 Å². The molecule has 0 aliphatic carbocycles. The third-order valence-corrected chi connectivity index (χ3v) is 5.99. The number of rotatable bonds is 7.